The molecular formula is C17H19FN2O3. The standard InChI is InChI=1S/C17H19FN2O3/c1-4-23-17(22)15-8-11(2)20(12(15)3)10-16(21)19-14-7-5-6-13(18)9-14/h5-9H,4,10H2,1-3H3,(H,19,21). The number of carbonyl (C=O) groups is 2. The Morgan fingerprint density at radius 2 is 2.00 bits per heavy atom. The van der Waals surface area contributed by atoms with E-state index in [0.717, 1.165) is 5.69 Å². The monoisotopic (exact) mass is 318 g/mol. The minimum atomic E-state index is -0.416. The molecule has 0 aliphatic carbocycles. The highest BCUT2D eigenvalue weighted by Crippen LogP contribution is 2.17. The lowest BCUT2D eigenvalue weighted by atomic mass is 10.2. The molecule has 0 atom stereocenters. The van der Waals surface area contributed by atoms with E-state index in [4.69, 9.17) is 4.74 Å². The molecule has 0 aliphatic heterocycles. The number of aromatic nitrogens is 1. The van der Waals surface area contributed by atoms with Gasteiger partial charge in [0.1, 0.15) is 12.4 Å². The zero-order valence-electron chi connectivity index (χ0n) is 13.4. The van der Waals surface area contributed by atoms with Crippen molar-refractivity contribution in [1.29, 1.82) is 0 Å². The fourth-order valence-electron chi connectivity index (χ4n) is 2.37. The van der Waals surface area contributed by atoms with Gasteiger partial charge in [0.05, 0.1) is 12.2 Å². The summed E-state index contributed by atoms with van der Waals surface area (Å²) in [7, 11) is 0. The van der Waals surface area contributed by atoms with Crippen LogP contribution in [0.3, 0.4) is 0 Å². The Bertz CT molecular complexity index is 737. The first-order valence-electron chi connectivity index (χ1n) is 7.31. The zero-order chi connectivity index (χ0) is 17.0. The first-order valence-corrected chi connectivity index (χ1v) is 7.31. The summed E-state index contributed by atoms with van der Waals surface area (Å²) in [5, 5.41) is 2.63. The third-order valence-corrected chi connectivity index (χ3v) is 3.48. The maximum absolute atomic E-state index is 13.1. The molecule has 23 heavy (non-hydrogen) atoms. The SMILES string of the molecule is CCOC(=O)c1cc(C)n(CC(=O)Nc2cccc(F)c2)c1C. The quantitative estimate of drug-likeness (QED) is 0.862. The van der Waals surface area contributed by atoms with E-state index < -0.39 is 11.8 Å². The fourth-order valence-corrected chi connectivity index (χ4v) is 2.37. The van der Waals surface area contributed by atoms with Crippen molar-refractivity contribution in [2.75, 3.05) is 11.9 Å². The molecule has 0 unspecified atom stereocenters. The summed E-state index contributed by atoms with van der Waals surface area (Å²) >= 11 is 0. The molecule has 5 nitrogen and oxygen atoms in total. The fraction of sp³-hybridized carbons (Fsp3) is 0.294. The number of rotatable bonds is 5. The van der Waals surface area contributed by atoms with Gasteiger partial charge in [0.15, 0.2) is 0 Å². The van der Waals surface area contributed by atoms with Crippen molar-refractivity contribution in [2.24, 2.45) is 0 Å². The van der Waals surface area contributed by atoms with Crippen molar-refractivity contribution in [3.05, 3.63) is 53.1 Å². The maximum Gasteiger partial charge on any atom is 0.339 e. The van der Waals surface area contributed by atoms with Crippen LogP contribution in [0.4, 0.5) is 10.1 Å². The number of benzene rings is 1. The van der Waals surface area contributed by atoms with E-state index in [1.807, 2.05) is 6.92 Å². The molecule has 122 valence electrons. The van der Waals surface area contributed by atoms with E-state index in [1.54, 1.807) is 30.5 Å². The second-order valence-corrected chi connectivity index (χ2v) is 5.15. The molecule has 0 saturated heterocycles. The van der Waals surface area contributed by atoms with Crippen LogP contribution in [0.15, 0.2) is 30.3 Å². The summed E-state index contributed by atoms with van der Waals surface area (Å²) in [6.07, 6.45) is 0. The summed E-state index contributed by atoms with van der Waals surface area (Å²) in [6.45, 7) is 5.64. The van der Waals surface area contributed by atoms with Crippen LogP contribution in [0.25, 0.3) is 0 Å². The number of hydrogen-bond donors (Lipinski definition) is 1. The van der Waals surface area contributed by atoms with Gasteiger partial charge in [-0.15, -0.1) is 0 Å². The van der Waals surface area contributed by atoms with Gasteiger partial charge in [0.2, 0.25) is 5.91 Å². The molecule has 0 bridgehead atoms. The van der Waals surface area contributed by atoms with Crippen LogP contribution < -0.4 is 5.32 Å². The Morgan fingerprint density at radius 3 is 2.65 bits per heavy atom. The van der Waals surface area contributed by atoms with Crippen LogP contribution in [0.1, 0.15) is 28.7 Å². The Balaban J connectivity index is 2.13. The molecule has 1 amide bonds. The summed E-state index contributed by atoms with van der Waals surface area (Å²) in [4.78, 5) is 24.0. The molecule has 6 heteroatoms. The van der Waals surface area contributed by atoms with Crippen molar-refractivity contribution < 1.29 is 18.7 Å². The Hall–Kier alpha value is -2.63. The number of amides is 1. The summed E-state index contributed by atoms with van der Waals surface area (Å²) < 4.78 is 19.8. The van der Waals surface area contributed by atoms with Crippen LogP contribution in [0.2, 0.25) is 0 Å². The van der Waals surface area contributed by atoms with E-state index in [-0.39, 0.29) is 12.5 Å². The molecule has 0 fully saturated rings. The van der Waals surface area contributed by atoms with E-state index in [1.165, 1.54) is 18.2 Å². The third kappa shape index (κ3) is 3.97. The first-order chi connectivity index (χ1) is 10.9. The van der Waals surface area contributed by atoms with Crippen molar-refractivity contribution in [3.8, 4) is 0 Å². The predicted octanol–water partition coefficient (Wildman–Crippen LogP) is 3.06. The zero-order valence-corrected chi connectivity index (χ0v) is 13.4. The number of anilines is 1. The van der Waals surface area contributed by atoms with Crippen LogP contribution in [0, 0.1) is 19.7 Å². The molecule has 1 aromatic heterocycles. The number of carbonyl (C=O) groups excluding carboxylic acids is 2. The van der Waals surface area contributed by atoms with Gasteiger partial charge in [0, 0.05) is 17.1 Å². The van der Waals surface area contributed by atoms with Crippen LogP contribution >= 0.6 is 0 Å². The summed E-state index contributed by atoms with van der Waals surface area (Å²) in [6, 6.07) is 7.39. The molecule has 1 heterocycles. The van der Waals surface area contributed by atoms with E-state index in [2.05, 4.69) is 5.32 Å². The summed E-state index contributed by atoms with van der Waals surface area (Å²) in [5.41, 5.74) is 2.28. The number of nitrogens with zero attached hydrogens (tertiary/aromatic N) is 1. The maximum atomic E-state index is 13.1. The van der Waals surface area contributed by atoms with Crippen molar-refractivity contribution in [2.45, 2.75) is 27.3 Å². The Labute approximate surface area is 134 Å². The normalized spacial score (nSPS) is 10.4. The van der Waals surface area contributed by atoms with Gasteiger partial charge in [0.25, 0.3) is 0 Å². The predicted molar refractivity (Wildman–Crippen MR) is 84.9 cm³/mol. The minimum Gasteiger partial charge on any atom is -0.462 e. The lowest BCUT2D eigenvalue weighted by molar-refractivity contribution is -0.116. The topological polar surface area (TPSA) is 60.3 Å². The molecule has 2 aromatic rings. The van der Waals surface area contributed by atoms with Gasteiger partial charge in [-0.3, -0.25) is 4.79 Å². The van der Waals surface area contributed by atoms with Crippen LogP contribution in [-0.2, 0) is 16.1 Å². The van der Waals surface area contributed by atoms with Crippen LogP contribution in [0.5, 0.6) is 0 Å². The minimum absolute atomic E-state index is 0.0353. The molecule has 1 aromatic carbocycles. The average molecular weight is 318 g/mol. The average Bonchev–Trinajstić information content (AvgIpc) is 2.75. The smallest absolute Gasteiger partial charge is 0.339 e. The molecule has 0 saturated carbocycles. The largest absolute Gasteiger partial charge is 0.462 e. The molecule has 1 N–H and O–H groups in total. The highest BCUT2D eigenvalue weighted by Gasteiger charge is 2.18. The second kappa shape index (κ2) is 7.09. The second-order valence-electron chi connectivity index (χ2n) is 5.15. The van der Waals surface area contributed by atoms with Gasteiger partial charge in [-0.05, 0) is 45.0 Å². The lowest BCUT2D eigenvalue weighted by Gasteiger charge is -2.10. The number of halogens is 1. The van der Waals surface area contributed by atoms with Gasteiger partial charge in [-0.1, -0.05) is 6.07 Å². The van der Waals surface area contributed by atoms with Gasteiger partial charge in [-0.2, -0.15) is 0 Å². The van der Waals surface area contributed by atoms with E-state index in [9.17, 15) is 14.0 Å². The number of hydrogen-bond acceptors (Lipinski definition) is 3. The molecule has 0 spiro atoms. The van der Waals surface area contributed by atoms with Crippen molar-refractivity contribution in [1.82, 2.24) is 4.57 Å². The number of ether oxygens (including phenoxy) is 1. The third-order valence-electron chi connectivity index (χ3n) is 3.48. The van der Waals surface area contributed by atoms with Crippen molar-refractivity contribution >= 4 is 17.6 Å². The van der Waals surface area contributed by atoms with Crippen molar-refractivity contribution in [3.63, 3.8) is 0 Å². The van der Waals surface area contributed by atoms with E-state index >= 15 is 0 Å². The van der Waals surface area contributed by atoms with Gasteiger partial charge in [-0.25, -0.2) is 9.18 Å². The highest BCUT2D eigenvalue weighted by atomic mass is 19.1. The Morgan fingerprint density at radius 1 is 1.26 bits per heavy atom. The Kier molecular flexibility index (Phi) is 5.16. The molecule has 2 rings (SSSR count). The molecular weight excluding hydrogens is 299 g/mol. The number of esters is 1. The number of aryl methyl sites for hydroxylation is 1. The molecule has 0 aliphatic rings. The summed E-state index contributed by atoms with van der Waals surface area (Å²) in [5.74, 6) is -1.12. The molecule has 0 radical (unpaired) electrons. The van der Waals surface area contributed by atoms with Gasteiger partial charge < -0.3 is 14.6 Å². The van der Waals surface area contributed by atoms with Crippen LogP contribution in [-0.4, -0.2) is 23.1 Å². The van der Waals surface area contributed by atoms with E-state index in [0.29, 0.717) is 23.6 Å². The van der Waals surface area contributed by atoms with Gasteiger partial charge >= 0.3 is 5.97 Å². The number of nitrogens with one attached hydrogen (secondary N) is 1. The first kappa shape index (κ1) is 16.7. The lowest BCUT2D eigenvalue weighted by Crippen LogP contribution is -2.20. The highest BCUT2D eigenvalue weighted by molar-refractivity contribution is 5.93.